The van der Waals surface area contributed by atoms with Gasteiger partial charge in [0.1, 0.15) is 11.4 Å². The van der Waals surface area contributed by atoms with Crippen LogP contribution in [0.3, 0.4) is 0 Å². The van der Waals surface area contributed by atoms with E-state index in [1.54, 1.807) is 11.8 Å². The fraction of sp³-hybridized carbons (Fsp3) is 0.292. The number of hydrogen-bond acceptors (Lipinski definition) is 7. The van der Waals surface area contributed by atoms with Crippen molar-refractivity contribution in [3.8, 4) is 0 Å². The van der Waals surface area contributed by atoms with Gasteiger partial charge in [-0.15, -0.1) is 0 Å². The molecular weight excluding hydrogens is 420 g/mol. The normalized spacial score (nSPS) is 18.2. The third kappa shape index (κ3) is 5.57. The quantitative estimate of drug-likeness (QED) is 0.421. The van der Waals surface area contributed by atoms with Gasteiger partial charge in [0, 0.05) is 33.8 Å². The number of aryl methyl sites for hydroxylation is 1. The summed E-state index contributed by atoms with van der Waals surface area (Å²) in [5.74, 6) is 0.223. The lowest BCUT2D eigenvalue weighted by atomic mass is 9.91. The van der Waals surface area contributed by atoms with E-state index in [9.17, 15) is 4.79 Å². The number of nitrogens with one attached hydrogen (secondary N) is 2. The SMILES string of the molecule is Cc1cccc(Sc2cccc(Nc3nc(N[C@@H]4CCCC[C@H]4N)ncc3C(N)=O)c2)c1. The van der Waals surface area contributed by atoms with Crippen LogP contribution in [-0.2, 0) is 0 Å². The highest BCUT2D eigenvalue weighted by Gasteiger charge is 2.23. The van der Waals surface area contributed by atoms with Gasteiger partial charge in [-0.05, 0) is 50.1 Å². The Morgan fingerprint density at radius 1 is 1.09 bits per heavy atom. The van der Waals surface area contributed by atoms with Crippen molar-refractivity contribution in [2.75, 3.05) is 10.6 Å². The van der Waals surface area contributed by atoms with Crippen molar-refractivity contribution < 1.29 is 4.79 Å². The number of aromatic nitrogens is 2. The predicted molar refractivity (Wildman–Crippen MR) is 129 cm³/mol. The molecule has 166 valence electrons. The van der Waals surface area contributed by atoms with Gasteiger partial charge in [-0.25, -0.2) is 4.98 Å². The lowest BCUT2D eigenvalue weighted by molar-refractivity contribution is 0.100. The summed E-state index contributed by atoms with van der Waals surface area (Å²) in [6.45, 7) is 2.08. The standard InChI is InChI=1S/C24H28N6OS/c1-15-6-4-8-17(12-15)32-18-9-5-7-16(13-18)28-23-19(22(26)31)14-27-24(30-23)29-21-11-3-2-10-20(21)25/h4-9,12-14,20-21H,2-3,10-11,25H2,1H3,(H2,26,31)(H2,27,28,29,30)/t20-,21-/m1/s1. The Balaban J connectivity index is 1.55. The first kappa shape index (κ1) is 22.1. The fourth-order valence-corrected chi connectivity index (χ4v) is 4.82. The van der Waals surface area contributed by atoms with Crippen LogP contribution < -0.4 is 22.1 Å². The van der Waals surface area contributed by atoms with Crippen molar-refractivity contribution in [3.63, 3.8) is 0 Å². The van der Waals surface area contributed by atoms with Crippen molar-refractivity contribution >= 4 is 35.1 Å². The molecule has 1 aliphatic carbocycles. The molecule has 7 nitrogen and oxygen atoms in total. The van der Waals surface area contributed by atoms with E-state index in [4.69, 9.17) is 11.5 Å². The van der Waals surface area contributed by atoms with Gasteiger partial charge in [0.25, 0.3) is 5.91 Å². The van der Waals surface area contributed by atoms with Gasteiger partial charge in [0.05, 0.1) is 0 Å². The van der Waals surface area contributed by atoms with Gasteiger partial charge in [0.2, 0.25) is 5.95 Å². The molecule has 1 heterocycles. The van der Waals surface area contributed by atoms with Gasteiger partial charge in [-0.2, -0.15) is 4.98 Å². The number of nitrogens with two attached hydrogens (primary N) is 2. The number of hydrogen-bond donors (Lipinski definition) is 4. The molecule has 0 saturated heterocycles. The first-order valence-corrected chi connectivity index (χ1v) is 11.6. The molecule has 1 amide bonds. The second kappa shape index (κ2) is 10.0. The first-order chi connectivity index (χ1) is 15.5. The van der Waals surface area contributed by atoms with E-state index in [0.717, 1.165) is 41.2 Å². The largest absolute Gasteiger partial charge is 0.365 e. The van der Waals surface area contributed by atoms with Crippen molar-refractivity contribution in [1.29, 1.82) is 0 Å². The van der Waals surface area contributed by atoms with E-state index in [-0.39, 0.29) is 17.6 Å². The number of benzene rings is 2. The molecule has 1 aliphatic rings. The Bertz CT molecular complexity index is 1110. The maximum absolute atomic E-state index is 12.0. The minimum absolute atomic E-state index is 0.0647. The molecule has 8 heteroatoms. The van der Waals surface area contributed by atoms with E-state index < -0.39 is 5.91 Å². The third-order valence-electron chi connectivity index (χ3n) is 5.51. The van der Waals surface area contributed by atoms with E-state index >= 15 is 0 Å². The summed E-state index contributed by atoms with van der Waals surface area (Å²) < 4.78 is 0. The second-order valence-electron chi connectivity index (χ2n) is 8.09. The summed E-state index contributed by atoms with van der Waals surface area (Å²) >= 11 is 1.67. The van der Waals surface area contributed by atoms with E-state index in [0.29, 0.717) is 11.8 Å². The summed E-state index contributed by atoms with van der Waals surface area (Å²) in [4.78, 5) is 23.0. The summed E-state index contributed by atoms with van der Waals surface area (Å²) in [6.07, 6.45) is 5.68. The summed E-state index contributed by atoms with van der Waals surface area (Å²) in [5.41, 5.74) is 14.1. The molecule has 2 atom stereocenters. The van der Waals surface area contributed by atoms with Crippen LogP contribution >= 0.6 is 11.8 Å². The lowest BCUT2D eigenvalue weighted by Gasteiger charge is -2.29. The smallest absolute Gasteiger partial charge is 0.254 e. The average Bonchev–Trinajstić information content (AvgIpc) is 2.76. The third-order valence-corrected chi connectivity index (χ3v) is 6.49. The Kier molecular flexibility index (Phi) is 6.92. The number of carbonyl (C=O) groups is 1. The van der Waals surface area contributed by atoms with Crippen LogP contribution in [0.2, 0.25) is 0 Å². The topological polar surface area (TPSA) is 119 Å². The van der Waals surface area contributed by atoms with Gasteiger partial charge >= 0.3 is 0 Å². The highest BCUT2D eigenvalue weighted by Crippen LogP contribution is 2.31. The number of rotatable bonds is 7. The van der Waals surface area contributed by atoms with Crippen LogP contribution in [0.25, 0.3) is 0 Å². The monoisotopic (exact) mass is 448 g/mol. The Morgan fingerprint density at radius 2 is 1.84 bits per heavy atom. The molecule has 3 aromatic rings. The summed E-state index contributed by atoms with van der Waals surface area (Å²) in [6, 6.07) is 16.5. The molecular formula is C24H28N6OS. The number of nitrogens with zero attached hydrogens (tertiary/aromatic N) is 2. The molecule has 4 rings (SSSR count). The molecule has 0 aliphatic heterocycles. The highest BCUT2D eigenvalue weighted by molar-refractivity contribution is 7.99. The van der Waals surface area contributed by atoms with Crippen LogP contribution in [0, 0.1) is 6.92 Å². The van der Waals surface area contributed by atoms with Crippen molar-refractivity contribution in [3.05, 3.63) is 65.9 Å². The second-order valence-corrected chi connectivity index (χ2v) is 9.24. The molecule has 0 unspecified atom stereocenters. The Morgan fingerprint density at radius 3 is 2.59 bits per heavy atom. The van der Waals surface area contributed by atoms with Gasteiger partial charge in [0.15, 0.2) is 0 Å². The molecule has 6 N–H and O–H groups in total. The van der Waals surface area contributed by atoms with E-state index in [1.165, 1.54) is 11.8 Å². The molecule has 0 bridgehead atoms. The van der Waals surface area contributed by atoms with Crippen molar-refractivity contribution in [2.24, 2.45) is 11.5 Å². The Labute approximate surface area is 192 Å². The number of anilines is 3. The van der Waals surface area contributed by atoms with Crippen LogP contribution in [0.1, 0.15) is 41.6 Å². The summed E-state index contributed by atoms with van der Waals surface area (Å²) in [5, 5.41) is 6.57. The van der Waals surface area contributed by atoms with Crippen molar-refractivity contribution in [1.82, 2.24) is 9.97 Å². The molecule has 1 fully saturated rings. The van der Waals surface area contributed by atoms with Crippen LogP contribution in [-0.4, -0.2) is 28.0 Å². The van der Waals surface area contributed by atoms with E-state index in [1.807, 2.05) is 30.3 Å². The fourth-order valence-electron chi connectivity index (χ4n) is 3.82. The zero-order valence-electron chi connectivity index (χ0n) is 18.0. The molecule has 0 spiro atoms. The molecule has 32 heavy (non-hydrogen) atoms. The number of primary amides is 1. The maximum atomic E-state index is 12.0. The van der Waals surface area contributed by atoms with Crippen molar-refractivity contribution in [2.45, 2.75) is 54.5 Å². The van der Waals surface area contributed by atoms with Gasteiger partial charge in [-0.1, -0.05) is 48.4 Å². The van der Waals surface area contributed by atoms with E-state index in [2.05, 4.69) is 45.7 Å². The zero-order chi connectivity index (χ0) is 22.5. The highest BCUT2D eigenvalue weighted by atomic mass is 32.2. The van der Waals surface area contributed by atoms with Crippen LogP contribution in [0.15, 0.2) is 64.5 Å². The number of amides is 1. The average molecular weight is 449 g/mol. The maximum Gasteiger partial charge on any atom is 0.254 e. The minimum Gasteiger partial charge on any atom is -0.365 e. The van der Waals surface area contributed by atoms with Gasteiger partial charge < -0.3 is 22.1 Å². The lowest BCUT2D eigenvalue weighted by Crippen LogP contribution is -2.43. The molecule has 1 saturated carbocycles. The van der Waals surface area contributed by atoms with Gasteiger partial charge in [-0.3, -0.25) is 4.79 Å². The summed E-state index contributed by atoms with van der Waals surface area (Å²) in [7, 11) is 0. The molecule has 2 aromatic carbocycles. The zero-order valence-corrected chi connectivity index (χ0v) is 18.9. The first-order valence-electron chi connectivity index (χ1n) is 10.8. The minimum atomic E-state index is -0.585. The molecule has 1 aromatic heterocycles. The van der Waals surface area contributed by atoms with Crippen LogP contribution in [0.4, 0.5) is 17.5 Å². The number of carbonyl (C=O) groups excluding carboxylic acids is 1. The predicted octanol–water partition coefficient (Wildman–Crippen LogP) is 4.46. The molecule has 0 radical (unpaired) electrons. The van der Waals surface area contributed by atoms with Crippen LogP contribution in [0.5, 0.6) is 0 Å². The Hall–Kier alpha value is -3.10.